The van der Waals surface area contributed by atoms with E-state index in [4.69, 9.17) is 0 Å². The van der Waals surface area contributed by atoms with E-state index >= 15 is 0 Å². The first-order chi connectivity index (χ1) is 9.40. The van der Waals surface area contributed by atoms with Crippen LogP contribution in [0.4, 0.5) is 5.69 Å². The van der Waals surface area contributed by atoms with E-state index in [1.165, 1.54) is 11.8 Å². The molecule has 0 unspecified atom stereocenters. The molecule has 2 rings (SSSR count). The average molecular weight is 293 g/mol. The number of phenols is 1. The lowest BCUT2D eigenvalue weighted by Gasteiger charge is -2.09. The lowest BCUT2D eigenvalue weighted by Crippen LogP contribution is -2.04. The van der Waals surface area contributed by atoms with Crippen LogP contribution in [0, 0.1) is 17.0 Å². The van der Waals surface area contributed by atoms with Gasteiger partial charge in [0.05, 0.1) is 4.92 Å². The van der Waals surface area contributed by atoms with Gasteiger partial charge in [-0.15, -0.1) is 0 Å². The molecule has 106 valence electrons. The summed E-state index contributed by atoms with van der Waals surface area (Å²) in [4.78, 5) is 11.5. The van der Waals surface area contributed by atoms with E-state index in [0.29, 0.717) is 10.7 Å². The molecule has 0 spiro atoms. The van der Waals surface area contributed by atoms with Crippen molar-refractivity contribution < 1.29 is 10.0 Å². The summed E-state index contributed by atoms with van der Waals surface area (Å²) < 4.78 is 1.64. The number of aryl methyl sites for hydroxylation is 1. The van der Waals surface area contributed by atoms with Crippen LogP contribution in [0.2, 0.25) is 0 Å². The second kappa shape index (κ2) is 5.54. The molecule has 1 aromatic carbocycles. The summed E-state index contributed by atoms with van der Waals surface area (Å²) in [6.45, 7) is 5.47. The number of aromatic hydroxyl groups is 1. The molecule has 0 bridgehead atoms. The Morgan fingerprint density at radius 3 is 2.70 bits per heavy atom. The van der Waals surface area contributed by atoms with Crippen molar-refractivity contribution in [2.75, 3.05) is 0 Å². The van der Waals surface area contributed by atoms with Crippen molar-refractivity contribution in [1.29, 1.82) is 0 Å². The fourth-order valence-corrected chi connectivity index (χ4v) is 3.05. The predicted octanol–water partition coefficient (Wildman–Crippen LogP) is 3.54. The van der Waals surface area contributed by atoms with Crippen LogP contribution in [-0.4, -0.2) is 19.8 Å². The van der Waals surface area contributed by atoms with E-state index in [0.717, 1.165) is 4.90 Å². The minimum absolute atomic E-state index is 0.0159. The third kappa shape index (κ3) is 2.77. The molecule has 6 nitrogen and oxygen atoms in total. The molecular weight excluding hydrogens is 278 g/mol. The molecule has 1 N–H and O–H groups in total. The molecule has 0 radical (unpaired) electrons. The van der Waals surface area contributed by atoms with Gasteiger partial charge in [-0.05, 0) is 39.0 Å². The Kier molecular flexibility index (Phi) is 3.99. The Bertz CT molecular complexity index is 652. The van der Waals surface area contributed by atoms with E-state index in [-0.39, 0.29) is 17.5 Å². The van der Waals surface area contributed by atoms with Gasteiger partial charge in [0.15, 0.2) is 5.03 Å². The van der Waals surface area contributed by atoms with Crippen LogP contribution in [0.3, 0.4) is 0 Å². The molecule has 0 amide bonds. The maximum Gasteiger partial charge on any atom is 0.324 e. The molecule has 0 aliphatic carbocycles. The highest BCUT2D eigenvalue weighted by molar-refractivity contribution is 7.99. The van der Waals surface area contributed by atoms with Crippen LogP contribution in [0.5, 0.6) is 5.75 Å². The van der Waals surface area contributed by atoms with Gasteiger partial charge in [0.2, 0.25) is 0 Å². The molecule has 7 heteroatoms. The van der Waals surface area contributed by atoms with Crippen molar-refractivity contribution in [1.82, 2.24) is 9.78 Å². The molecule has 20 heavy (non-hydrogen) atoms. The zero-order valence-corrected chi connectivity index (χ0v) is 12.2. The number of hydrogen-bond acceptors (Lipinski definition) is 5. The summed E-state index contributed by atoms with van der Waals surface area (Å²) in [6.07, 6.45) is 0. The first-order valence-corrected chi connectivity index (χ1v) is 6.92. The van der Waals surface area contributed by atoms with Gasteiger partial charge in [-0.3, -0.25) is 10.1 Å². The number of phenolic OH excluding ortho intramolecular Hbond substituents is 1. The van der Waals surface area contributed by atoms with Crippen LogP contribution in [0.25, 0.3) is 0 Å². The summed E-state index contributed by atoms with van der Waals surface area (Å²) in [5.41, 5.74) is 0.415. The lowest BCUT2D eigenvalue weighted by molar-refractivity contribution is -0.388. The van der Waals surface area contributed by atoms with Crippen LogP contribution >= 0.6 is 11.8 Å². The third-order valence-corrected chi connectivity index (χ3v) is 3.78. The molecule has 0 aliphatic heterocycles. The van der Waals surface area contributed by atoms with Crippen molar-refractivity contribution in [3.05, 3.63) is 40.1 Å². The van der Waals surface area contributed by atoms with Crippen molar-refractivity contribution in [3.8, 4) is 5.75 Å². The summed E-state index contributed by atoms with van der Waals surface area (Å²) in [7, 11) is 0. The predicted molar refractivity (Wildman–Crippen MR) is 76.2 cm³/mol. The van der Waals surface area contributed by atoms with E-state index in [9.17, 15) is 15.2 Å². The van der Waals surface area contributed by atoms with Gasteiger partial charge in [-0.1, -0.05) is 17.8 Å². The first kappa shape index (κ1) is 14.4. The van der Waals surface area contributed by atoms with Crippen molar-refractivity contribution in [3.63, 3.8) is 0 Å². The van der Waals surface area contributed by atoms with Crippen molar-refractivity contribution >= 4 is 17.4 Å². The van der Waals surface area contributed by atoms with Gasteiger partial charge in [-0.25, -0.2) is 4.68 Å². The molecule has 1 heterocycles. The quantitative estimate of drug-likeness (QED) is 0.688. The number of hydrogen-bond donors (Lipinski definition) is 1. The first-order valence-electron chi connectivity index (χ1n) is 6.10. The van der Waals surface area contributed by atoms with E-state index in [1.807, 2.05) is 13.8 Å². The van der Waals surface area contributed by atoms with Gasteiger partial charge in [-0.2, -0.15) is 5.10 Å². The Hall–Kier alpha value is -2.02. The van der Waals surface area contributed by atoms with Gasteiger partial charge in [0.25, 0.3) is 0 Å². The summed E-state index contributed by atoms with van der Waals surface area (Å²) in [5.74, 6) is 0.130. The fourth-order valence-electron chi connectivity index (χ4n) is 1.83. The molecule has 2 aromatic rings. The summed E-state index contributed by atoms with van der Waals surface area (Å²) in [6, 6.07) is 6.64. The van der Waals surface area contributed by atoms with E-state index in [1.54, 1.807) is 35.9 Å². The zero-order valence-electron chi connectivity index (χ0n) is 11.4. The molecule has 0 fully saturated rings. The fraction of sp³-hybridized carbons (Fsp3) is 0.308. The van der Waals surface area contributed by atoms with Gasteiger partial charge in [0.1, 0.15) is 11.4 Å². The topological polar surface area (TPSA) is 81.2 Å². The molecule has 0 atom stereocenters. The number of aromatic nitrogens is 2. The zero-order chi connectivity index (χ0) is 14.9. The van der Waals surface area contributed by atoms with Gasteiger partial charge < -0.3 is 5.11 Å². The minimum atomic E-state index is -0.410. The normalized spacial score (nSPS) is 11.0. The van der Waals surface area contributed by atoms with E-state index < -0.39 is 4.92 Å². The second-order valence-electron chi connectivity index (χ2n) is 4.63. The molecule has 1 aromatic heterocycles. The summed E-state index contributed by atoms with van der Waals surface area (Å²) in [5, 5.41) is 25.4. The molecule has 0 saturated carbocycles. The van der Waals surface area contributed by atoms with Crippen LogP contribution < -0.4 is 0 Å². The summed E-state index contributed by atoms with van der Waals surface area (Å²) >= 11 is 1.23. The highest BCUT2D eigenvalue weighted by Crippen LogP contribution is 2.38. The number of benzene rings is 1. The Labute approximate surface area is 120 Å². The van der Waals surface area contributed by atoms with Crippen LogP contribution in [0.15, 0.2) is 34.2 Å². The minimum Gasteiger partial charge on any atom is -0.508 e. The SMILES string of the molecule is Cc1nn(C(C)C)c(Sc2cccc(O)c2)c1[N+](=O)[O-]. The monoisotopic (exact) mass is 293 g/mol. The Morgan fingerprint density at radius 2 is 2.15 bits per heavy atom. The number of nitro groups is 1. The molecular formula is C13H15N3O3S. The molecule has 0 aliphatic rings. The van der Waals surface area contributed by atoms with E-state index in [2.05, 4.69) is 5.10 Å². The Morgan fingerprint density at radius 1 is 1.45 bits per heavy atom. The third-order valence-electron chi connectivity index (χ3n) is 2.71. The average Bonchev–Trinajstić information content (AvgIpc) is 2.66. The maximum atomic E-state index is 11.2. The van der Waals surface area contributed by atoms with Crippen molar-refractivity contribution in [2.45, 2.75) is 36.7 Å². The van der Waals surface area contributed by atoms with Gasteiger partial charge in [0, 0.05) is 10.9 Å². The van der Waals surface area contributed by atoms with Crippen molar-refractivity contribution in [2.24, 2.45) is 0 Å². The largest absolute Gasteiger partial charge is 0.508 e. The van der Waals surface area contributed by atoms with Gasteiger partial charge >= 0.3 is 5.69 Å². The lowest BCUT2D eigenvalue weighted by atomic mass is 10.3. The second-order valence-corrected chi connectivity index (χ2v) is 5.70. The standard InChI is InChI=1S/C13H15N3O3S/c1-8(2)15-13(12(16(18)19)9(3)14-15)20-11-6-4-5-10(17)7-11/h4-8,17H,1-3H3. The number of rotatable bonds is 4. The number of nitrogens with zero attached hydrogens (tertiary/aromatic N) is 3. The maximum absolute atomic E-state index is 11.2. The highest BCUT2D eigenvalue weighted by Gasteiger charge is 2.27. The molecule has 0 saturated heterocycles. The smallest absolute Gasteiger partial charge is 0.324 e. The Balaban J connectivity index is 2.51. The van der Waals surface area contributed by atoms with Crippen LogP contribution in [-0.2, 0) is 0 Å². The highest BCUT2D eigenvalue weighted by atomic mass is 32.2. The van der Waals surface area contributed by atoms with Crippen LogP contribution in [0.1, 0.15) is 25.6 Å².